The molecule has 2 atom stereocenters. The highest BCUT2D eigenvalue weighted by molar-refractivity contribution is 6.39. The smallest absolute Gasteiger partial charge is 0.243 e. The first kappa shape index (κ1) is 18.4. The van der Waals surface area contributed by atoms with E-state index in [9.17, 15) is 4.79 Å². The summed E-state index contributed by atoms with van der Waals surface area (Å²) in [5.74, 6) is 0.238. The van der Waals surface area contributed by atoms with Crippen molar-refractivity contribution in [2.45, 2.75) is 51.1 Å². The summed E-state index contributed by atoms with van der Waals surface area (Å²) in [5.41, 5.74) is 0.673. The lowest BCUT2D eigenvalue weighted by atomic mass is 9.92. The molecule has 1 aromatic heterocycles. The Morgan fingerprint density at radius 1 is 1.50 bits per heavy atom. The van der Waals surface area contributed by atoms with Crippen molar-refractivity contribution in [1.82, 2.24) is 10.5 Å². The average Bonchev–Trinajstić information content (AvgIpc) is 3.15. The Morgan fingerprint density at radius 3 is 2.88 bits per heavy atom. The van der Waals surface area contributed by atoms with Crippen LogP contribution in [0.1, 0.15) is 39.3 Å². The van der Waals surface area contributed by atoms with Crippen molar-refractivity contribution in [3.63, 3.8) is 0 Å². The number of halogens is 1. The van der Waals surface area contributed by atoms with Gasteiger partial charge in [-0.25, -0.2) is 0 Å². The maximum Gasteiger partial charge on any atom is 0.243 e. The molecule has 0 aliphatic carbocycles. The molecule has 0 aromatic carbocycles. The fourth-order valence-corrected chi connectivity index (χ4v) is 2.43. The van der Waals surface area contributed by atoms with Crippen LogP contribution in [-0.2, 0) is 10.2 Å². The van der Waals surface area contributed by atoms with Crippen LogP contribution >= 0.6 is 11.6 Å². The van der Waals surface area contributed by atoms with Crippen LogP contribution in [0.25, 0.3) is 0 Å². The van der Waals surface area contributed by atoms with Gasteiger partial charge >= 0.3 is 0 Å². The maximum atomic E-state index is 12.3. The van der Waals surface area contributed by atoms with Crippen molar-refractivity contribution in [3.8, 4) is 0 Å². The fourth-order valence-electron chi connectivity index (χ4n) is 2.36. The lowest BCUT2D eigenvalue weighted by Crippen LogP contribution is -2.38. The molecule has 0 radical (unpaired) electrons. The lowest BCUT2D eigenvalue weighted by Gasteiger charge is -2.12. The number of rotatable bonds is 5. The third-order valence-corrected chi connectivity index (χ3v) is 3.99. The molecule has 7 heteroatoms. The van der Waals surface area contributed by atoms with Crippen LogP contribution in [0.2, 0.25) is 0 Å². The molecule has 1 fully saturated rings. The molecule has 0 spiro atoms. The van der Waals surface area contributed by atoms with E-state index < -0.39 is 0 Å². The lowest BCUT2D eigenvalue weighted by molar-refractivity contribution is -0.117. The second kappa shape index (κ2) is 7.77. The molecule has 1 amide bonds. The Balaban J connectivity index is 1.88. The number of nitrogens with zero attached hydrogens (tertiary/aromatic N) is 1. The number of carbonyl (C=O) groups is 1. The molecule has 1 aliphatic heterocycles. The van der Waals surface area contributed by atoms with E-state index in [1.54, 1.807) is 18.2 Å². The molecule has 24 heavy (non-hydrogen) atoms. The summed E-state index contributed by atoms with van der Waals surface area (Å²) in [5, 5.41) is 17.4. The van der Waals surface area contributed by atoms with Gasteiger partial charge in [0.15, 0.2) is 0 Å². The van der Waals surface area contributed by atoms with Gasteiger partial charge in [-0.2, -0.15) is 0 Å². The summed E-state index contributed by atoms with van der Waals surface area (Å²) in [6, 6.07) is 1.59. The van der Waals surface area contributed by atoms with Gasteiger partial charge in [-0.15, -0.1) is 0 Å². The first-order valence-electron chi connectivity index (χ1n) is 7.88. The number of amides is 1. The van der Waals surface area contributed by atoms with E-state index in [2.05, 4.69) is 15.8 Å². The van der Waals surface area contributed by atoms with E-state index >= 15 is 0 Å². The van der Waals surface area contributed by atoms with Gasteiger partial charge < -0.3 is 9.93 Å². The molecule has 130 valence electrons. The van der Waals surface area contributed by atoms with Crippen molar-refractivity contribution in [3.05, 3.63) is 35.0 Å². The van der Waals surface area contributed by atoms with E-state index in [-0.39, 0.29) is 23.4 Å². The SMILES string of the molecule is CC(C)(C)c1cc(NC(=O)[C@@H]2CCC(C=C/C=C(/Cl)C=N)N2)on1. The monoisotopic (exact) mass is 350 g/mol. The fraction of sp³-hybridized carbons (Fsp3) is 0.471. The number of hydrogen-bond acceptors (Lipinski definition) is 5. The van der Waals surface area contributed by atoms with Gasteiger partial charge in [-0.3, -0.25) is 15.4 Å². The standard InChI is InChI=1S/C17H23ClN4O2/c1-17(2,3)14-9-15(24-22-14)21-16(23)13-8-7-12(20-13)6-4-5-11(18)10-19/h4-6,9-10,12-13,19-20H,7-8H2,1-3H3,(H,21,23)/b6-4?,11-5+,19-10?/t12?,13-/m0/s1. The first-order valence-corrected chi connectivity index (χ1v) is 8.26. The van der Waals surface area contributed by atoms with Crippen molar-refractivity contribution in [1.29, 1.82) is 5.41 Å². The number of allylic oxidation sites excluding steroid dienone is 3. The minimum absolute atomic E-state index is 0.104. The minimum Gasteiger partial charge on any atom is -0.338 e. The molecule has 2 heterocycles. The summed E-state index contributed by atoms with van der Waals surface area (Å²) in [7, 11) is 0. The van der Waals surface area contributed by atoms with Gasteiger partial charge in [0.05, 0.1) is 16.8 Å². The van der Waals surface area contributed by atoms with Gasteiger partial charge in [0, 0.05) is 23.7 Å². The number of anilines is 1. The summed E-state index contributed by atoms with van der Waals surface area (Å²) < 4.78 is 5.18. The normalized spacial score (nSPS) is 22.1. The molecule has 0 bridgehead atoms. The van der Waals surface area contributed by atoms with Crippen LogP contribution in [0.5, 0.6) is 0 Å². The molecular weight excluding hydrogens is 328 g/mol. The molecule has 2 rings (SSSR count). The Hall–Kier alpha value is -1.92. The maximum absolute atomic E-state index is 12.3. The third kappa shape index (κ3) is 5.04. The molecule has 1 unspecified atom stereocenters. The second-order valence-electron chi connectivity index (χ2n) is 6.80. The highest BCUT2D eigenvalue weighted by Gasteiger charge is 2.28. The van der Waals surface area contributed by atoms with Crippen LogP contribution in [0, 0.1) is 5.41 Å². The predicted molar refractivity (Wildman–Crippen MR) is 95.6 cm³/mol. The predicted octanol–water partition coefficient (Wildman–Crippen LogP) is 3.36. The topological polar surface area (TPSA) is 91.0 Å². The molecular formula is C17H23ClN4O2. The second-order valence-corrected chi connectivity index (χ2v) is 7.24. The van der Waals surface area contributed by atoms with Crippen molar-refractivity contribution < 1.29 is 9.32 Å². The van der Waals surface area contributed by atoms with E-state index in [0.717, 1.165) is 24.8 Å². The largest absolute Gasteiger partial charge is 0.338 e. The summed E-state index contributed by atoms with van der Waals surface area (Å²) in [6.45, 7) is 6.10. The molecule has 1 aliphatic rings. The number of carbonyl (C=O) groups excluding carboxylic acids is 1. The van der Waals surface area contributed by atoms with Gasteiger partial charge in [0.2, 0.25) is 11.8 Å². The average molecular weight is 351 g/mol. The summed E-state index contributed by atoms with van der Waals surface area (Å²) in [4.78, 5) is 12.3. The minimum atomic E-state index is -0.273. The van der Waals surface area contributed by atoms with E-state index in [1.165, 1.54) is 0 Å². The van der Waals surface area contributed by atoms with Crippen LogP contribution in [0.15, 0.2) is 33.8 Å². The van der Waals surface area contributed by atoms with Crippen LogP contribution in [0.3, 0.4) is 0 Å². The summed E-state index contributed by atoms with van der Waals surface area (Å²) in [6.07, 6.45) is 8.04. The Kier molecular flexibility index (Phi) is 5.96. The highest BCUT2D eigenvalue weighted by Crippen LogP contribution is 2.24. The molecule has 1 saturated heterocycles. The molecule has 3 N–H and O–H groups in total. The van der Waals surface area contributed by atoms with Crippen LogP contribution < -0.4 is 10.6 Å². The number of hydrogen-bond donors (Lipinski definition) is 3. The van der Waals surface area contributed by atoms with E-state index in [1.807, 2.05) is 26.8 Å². The van der Waals surface area contributed by atoms with Crippen molar-refractivity contribution >= 4 is 29.6 Å². The molecule has 1 aromatic rings. The zero-order valence-electron chi connectivity index (χ0n) is 14.1. The first-order chi connectivity index (χ1) is 11.3. The molecule has 6 nitrogen and oxygen atoms in total. The van der Waals surface area contributed by atoms with Gasteiger partial charge in [-0.05, 0) is 18.9 Å². The van der Waals surface area contributed by atoms with E-state index in [0.29, 0.717) is 10.9 Å². The zero-order chi connectivity index (χ0) is 17.7. The van der Waals surface area contributed by atoms with Gasteiger partial charge in [-0.1, -0.05) is 49.7 Å². The van der Waals surface area contributed by atoms with E-state index in [4.69, 9.17) is 21.5 Å². The Morgan fingerprint density at radius 2 is 2.25 bits per heavy atom. The Labute approximate surface area is 146 Å². The van der Waals surface area contributed by atoms with Crippen molar-refractivity contribution in [2.75, 3.05) is 5.32 Å². The zero-order valence-corrected chi connectivity index (χ0v) is 14.9. The highest BCUT2D eigenvalue weighted by atomic mass is 35.5. The number of nitrogens with one attached hydrogen (secondary N) is 3. The summed E-state index contributed by atoms with van der Waals surface area (Å²) >= 11 is 5.72. The quantitative estimate of drug-likeness (QED) is 0.561. The van der Waals surface area contributed by atoms with Crippen molar-refractivity contribution in [2.24, 2.45) is 0 Å². The van der Waals surface area contributed by atoms with Crippen LogP contribution in [-0.4, -0.2) is 29.4 Å². The molecule has 0 saturated carbocycles. The Bertz CT molecular complexity index is 658. The van der Waals surface area contributed by atoms with Gasteiger partial charge in [0.25, 0.3) is 0 Å². The van der Waals surface area contributed by atoms with Gasteiger partial charge in [0.1, 0.15) is 0 Å². The van der Waals surface area contributed by atoms with Crippen LogP contribution in [0.4, 0.5) is 5.88 Å². The number of aromatic nitrogens is 1. The third-order valence-electron chi connectivity index (χ3n) is 3.76.